The highest BCUT2D eigenvalue weighted by Gasteiger charge is 2.50. The molecule has 1 N–H and O–H groups in total. The van der Waals surface area contributed by atoms with Crippen molar-refractivity contribution in [3.8, 4) is 0 Å². The zero-order chi connectivity index (χ0) is 13.6. The van der Waals surface area contributed by atoms with E-state index in [9.17, 15) is 4.79 Å². The largest absolute Gasteiger partial charge is 0.321 e. The van der Waals surface area contributed by atoms with Gasteiger partial charge in [0.05, 0.1) is 6.04 Å². The lowest BCUT2D eigenvalue weighted by molar-refractivity contribution is -0.130. The van der Waals surface area contributed by atoms with Crippen LogP contribution in [0.1, 0.15) is 45.3 Å². The highest BCUT2D eigenvalue weighted by molar-refractivity contribution is 7.07. The molecule has 1 saturated carbocycles. The zero-order valence-electron chi connectivity index (χ0n) is 11.8. The summed E-state index contributed by atoms with van der Waals surface area (Å²) in [7, 11) is 0. The molecule has 1 amide bonds. The monoisotopic (exact) mass is 278 g/mol. The molecule has 0 radical (unpaired) electrons. The molecule has 1 aliphatic heterocycles. The van der Waals surface area contributed by atoms with Gasteiger partial charge >= 0.3 is 0 Å². The van der Waals surface area contributed by atoms with Crippen molar-refractivity contribution in [1.29, 1.82) is 0 Å². The highest BCUT2D eigenvalue weighted by atomic mass is 32.1. The molecule has 104 valence electrons. The van der Waals surface area contributed by atoms with E-state index in [-0.39, 0.29) is 18.1 Å². The Hall–Kier alpha value is -0.870. The van der Waals surface area contributed by atoms with E-state index in [1.54, 1.807) is 11.3 Å². The van der Waals surface area contributed by atoms with Crippen molar-refractivity contribution in [1.82, 2.24) is 10.2 Å². The van der Waals surface area contributed by atoms with Crippen LogP contribution < -0.4 is 5.32 Å². The first-order valence-electron chi connectivity index (χ1n) is 7.12. The molecule has 0 bridgehead atoms. The van der Waals surface area contributed by atoms with Crippen molar-refractivity contribution in [2.45, 2.75) is 45.8 Å². The normalized spacial score (nSPS) is 29.3. The lowest BCUT2D eigenvalue weighted by atomic mass is 9.91. The Labute approximate surface area is 119 Å². The summed E-state index contributed by atoms with van der Waals surface area (Å²) < 4.78 is 0. The van der Waals surface area contributed by atoms with E-state index < -0.39 is 0 Å². The van der Waals surface area contributed by atoms with Crippen molar-refractivity contribution < 1.29 is 4.79 Å². The Morgan fingerprint density at radius 1 is 1.53 bits per heavy atom. The van der Waals surface area contributed by atoms with Gasteiger partial charge in [-0.05, 0) is 53.5 Å². The average Bonchev–Trinajstić information content (AvgIpc) is 2.86. The zero-order valence-corrected chi connectivity index (χ0v) is 12.7. The fraction of sp³-hybridized carbons (Fsp3) is 0.667. The maximum atomic E-state index is 12.4. The van der Waals surface area contributed by atoms with Gasteiger partial charge in [0.25, 0.3) is 0 Å². The molecule has 0 spiro atoms. The minimum atomic E-state index is -0.0622. The topological polar surface area (TPSA) is 32.3 Å². The van der Waals surface area contributed by atoms with Gasteiger partial charge in [0.15, 0.2) is 0 Å². The van der Waals surface area contributed by atoms with Crippen molar-refractivity contribution in [3.05, 3.63) is 22.4 Å². The Balaban J connectivity index is 1.82. The maximum Gasteiger partial charge on any atom is 0.241 e. The summed E-state index contributed by atoms with van der Waals surface area (Å²) in [6.45, 7) is 7.44. The van der Waals surface area contributed by atoms with Crippen LogP contribution in [0.4, 0.5) is 0 Å². The molecule has 2 heterocycles. The highest BCUT2D eigenvalue weighted by Crippen LogP contribution is 2.53. The minimum Gasteiger partial charge on any atom is -0.321 e. The minimum absolute atomic E-state index is 0.0622. The van der Waals surface area contributed by atoms with E-state index in [2.05, 4.69) is 40.9 Å². The van der Waals surface area contributed by atoms with Crippen LogP contribution in [-0.4, -0.2) is 23.4 Å². The number of hydrogen-bond acceptors (Lipinski definition) is 3. The number of nitrogens with one attached hydrogen (secondary N) is 1. The van der Waals surface area contributed by atoms with Crippen molar-refractivity contribution >= 4 is 17.2 Å². The summed E-state index contributed by atoms with van der Waals surface area (Å²) in [5.41, 5.74) is 1.60. The van der Waals surface area contributed by atoms with E-state index in [0.717, 1.165) is 6.54 Å². The fourth-order valence-electron chi connectivity index (χ4n) is 3.07. The lowest BCUT2D eigenvalue weighted by Crippen LogP contribution is -2.37. The Morgan fingerprint density at radius 2 is 2.26 bits per heavy atom. The smallest absolute Gasteiger partial charge is 0.241 e. The number of carbonyl (C=O) groups is 1. The van der Waals surface area contributed by atoms with Crippen molar-refractivity contribution in [3.63, 3.8) is 0 Å². The summed E-state index contributed by atoms with van der Waals surface area (Å²) in [4.78, 5) is 14.5. The fourth-order valence-corrected chi connectivity index (χ4v) is 3.75. The molecule has 1 aromatic heterocycles. The molecule has 19 heavy (non-hydrogen) atoms. The Morgan fingerprint density at radius 3 is 2.79 bits per heavy atom. The molecule has 1 aliphatic carbocycles. The number of amides is 1. The van der Waals surface area contributed by atoms with E-state index in [4.69, 9.17) is 0 Å². The van der Waals surface area contributed by atoms with Crippen LogP contribution >= 0.6 is 11.3 Å². The second-order valence-corrected chi connectivity index (χ2v) is 7.11. The van der Waals surface area contributed by atoms with Gasteiger partial charge in [-0.1, -0.05) is 13.8 Å². The molecule has 0 aromatic carbocycles. The van der Waals surface area contributed by atoms with E-state index in [0.29, 0.717) is 11.3 Å². The molecule has 2 fully saturated rings. The first kappa shape index (κ1) is 13.1. The van der Waals surface area contributed by atoms with Gasteiger partial charge in [0, 0.05) is 6.54 Å². The van der Waals surface area contributed by atoms with Gasteiger partial charge < -0.3 is 4.90 Å². The summed E-state index contributed by atoms with van der Waals surface area (Å²) in [5.74, 6) is 0.905. The molecule has 2 atom stereocenters. The van der Waals surface area contributed by atoms with Gasteiger partial charge in [-0.3, -0.25) is 10.1 Å². The third kappa shape index (κ3) is 2.21. The molecule has 1 saturated heterocycles. The van der Waals surface area contributed by atoms with Crippen LogP contribution in [0, 0.1) is 11.3 Å². The van der Waals surface area contributed by atoms with Crippen LogP contribution in [0.3, 0.4) is 0 Å². The van der Waals surface area contributed by atoms with Crippen LogP contribution in [0.2, 0.25) is 0 Å². The standard InChI is InChI=1S/C15H22N2OS/c1-10(2)15(5-6-15)9-17-13(12-4-7-19-8-12)16-11(3)14(17)18/h4,7-8,10-11,13,16H,5-6,9H2,1-3H3. The summed E-state index contributed by atoms with van der Waals surface area (Å²) in [6, 6.07) is 2.06. The molecule has 4 heteroatoms. The number of nitrogens with zero attached hydrogens (tertiary/aromatic N) is 1. The van der Waals surface area contributed by atoms with Gasteiger partial charge in [0.1, 0.15) is 6.17 Å². The molecule has 2 unspecified atom stereocenters. The van der Waals surface area contributed by atoms with Crippen LogP contribution in [-0.2, 0) is 4.79 Å². The molecule has 1 aromatic rings. The van der Waals surface area contributed by atoms with E-state index in [1.807, 2.05) is 6.92 Å². The number of carbonyl (C=O) groups excluding carboxylic acids is 1. The van der Waals surface area contributed by atoms with Crippen LogP contribution in [0.25, 0.3) is 0 Å². The summed E-state index contributed by atoms with van der Waals surface area (Å²) >= 11 is 1.69. The first-order valence-corrected chi connectivity index (χ1v) is 8.06. The quantitative estimate of drug-likeness (QED) is 0.918. The number of thiophene rings is 1. The van der Waals surface area contributed by atoms with Crippen LogP contribution in [0.15, 0.2) is 16.8 Å². The summed E-state index contributed by atoms with van der Waals surface area (Å²) in [5, 5.41) is 7.65. The lowest BCUT2D eigenvalue weighted by Gasteiger charge is -2.30. The molecule has 3 rings (SSSR count). The van der Waals surface area contributed by atoms with Gasteiger partial charge in [0.2, 0.25) is 5.91 Å². The summed E-state index contributed by atoms with van der Waals surface area (Å²) in [6.07, 6.45) is 2.60. The molecular formula is C15H22N2OS. The molecular weight excluding hydrogens is 256 g/mol. The van der Waals surface area contributed by atoms with Gasteiger partial charge in [-0.2, -0.15) is 11.3 Å². The predicted octanol–water partition coefficient (Wildman–Crippen LogP) is 3.00. The van der Waals surface area contributed by atoms with Crippen molar-refractivity contribution in [2.24, 2.45) is 11.3 Å². The Bertz CT molecular complexity index is 464. The number of rotatable bonds is 4. The number of hydrogen-bond donors (Lipinski definition) is 1. The third-order valence-corrected chi connectivity index (χ3v) is 5.54. The second kappa shape index (κ2) is 4.60. The van der Waals surface area contributed by atoms with Crippen molar-refractivity contribution in [2.75, 3.05) is 6.54 Å². The first-order chi connectivity index (χ1) is 9.03. The average molecular weight is 278 g/mol. The van der Waals surface area contributed by atoms with Gasteiger partial charge in [-0.25, -0.2) is 0 Å². The predicted molar refractivity (Wildman–Crippen MR) is 77.9 cm³/mol. The van der Waals surface area contributed by atoms with Gasteiger partial charge in [-0.15, -0.1) is 0 Å². The third-order valence-electron chi connectivity index (χ3n) is 4.83. The Kier molecular flexibility index (Phi) is 3.18. The SMILES string of the molecule is CC1NC(c2ccsc2)N(CC2(C(C)C)CC2)C1=O. The van der Waals surface area contributed by atoms with Crippen LogP contribution in [0.5, 0.6) is 0 Å². The van der Waals surface area contributed by atoms with E-state index in [1.165, 1.54) is 18.4 Å². The molecule has 2 aliphatic rings. The second-order valence-electron chi connectivity index (χ2n) is 6.33. The van der Waals surface area contributed by atoms with E-state index >= 15 is 0 Å². The maximum absolute atomic E-state index is 12.4. The molecule has 3 nitrogen and oxygen atoms in total.